The predicted octanol–water partition coefficient (Wildman–Crippen LogP) is 2.01. The molecule has 2 amide bonds. The molecule has 5 nitrogen and oxygen atoms in total. The van der Waals surface area contributed by atoms with Gasteiger partial charge in [0.05, 0.1) is 0 Å². The molecule has 2 aromatic rings. The standard InChI is InChI=1S/C17H17FN2O3/c1-11(23-15-8-6-14(18)7-9-15)17(22)20-10-12-2-4-13(5-3-12)16(19)21/h2-9,11H,10H2,1H3,(H2,19,21)(H,20,22)/t11-/m1/s1. The SMILES string of the molecule is C[C@@H](Oc1ccc(F)cc1)C(=O)NCc1ccc(C(N)=O)cc1. The Morgan fingerprint density at radius 3 is 2.30 bits per heavy atom. The topological polar surface area (TPSA) is 81.4 Å². The second kappa shape index (κ2) is 7.40. The number of carbonyl (C=O) groups is 2. The molecular formula is C17H17FN2O3. The van der Waals surface area contributed by atoms with Gasteiger partial charge in [-0.05, 0) is 48.9 Å². The van der Waals surface area contributed by atoms with E-state index in [1.807, 2.05) is 0 Å². The van der Waals surface area contributed by atoms with Gasteiger partial charge in [0.25, 0.3) is 5.91 Å². The first-order valence-corrected chi connectivity index (χ1v) is 7.04. The minimum Gasteiger partial charge on any atom is -0.481 e. The summed E-state index contributed by atoms with van der Waals surface area (Å²) in [5, 5.41) is 2.72. The average Bonchev–Trinajstić information content (AvgIpc) is 2.55. The van der Waals surface area contributed by atoms with Crippen LogP contribution in [0.1, 0.15) is 22.8 Å². The van der Waals surface area contributed by atoms with Crippen LogP contribution in [-0.2, 0) is 11.3 Å². The Labute approximate surface area is 133 Å². The van der Waals surface area contributed by atoms with Gasteiger partial charge in [0, 0.05) is 12.1 Å². The molecule has 1 atom stereocenters. The fourth-order valence-corrected chi connectivity index (χ4v) is 1.89. The summed E-state index contributed by atoms with van der Waals surface area (Å²) in [5.41, 5.74) is 6.40. The van der Waals surface area contributed by atoms with Gasteiger partial charge in [0.2, 0.25) is 5.91 Å². The highest BCUT2D eigenvalue weighted by atomic mass is 19.1. The van der Waals surface area contributed by atoms with Crippen molar-refractivity contribution in [2.24, 2.45) is 5.73 Å². The van der Waals surface area contributed by atoms with Crippen molar-refractivity contribution in [3.8, 4) is 5.75 Å². The number of nitrogens with one attached hydrogen (secondary N) is 1. The molecule has 0 aliphatic rings. The van der Waals surface area contributed by atoms with E-state index >= 15 is 0 Å². The number of rotatable bonds is 6. The summed E-state index contributed by atoms with van der Waals surface area (Å²) in [5.74, 6) is -0.746. The van der Waals surface area contributed by atoms with Gasteiger partial charge in [-0.1, -0.05) is 12.1 Å². The fraction of sp³-hybridized carbons (Fsp3) is 0.176. The molecular weight excluding hydrogens is 299 g/mol. The van der Waals surface area contributed by atoms with Gasteiger partial charge < -0.3 is 15.8 Å². The Morgan fingerprint density at radius 2 is 1.74 bits per heavy atom. The Morgan fingerprint density at radius 1 is 1.13 bits per heavy atom. The third kappa shape index (κ3) is 4.81. The van der Waals surface area contributed by atoms with Crippen molar-refractivity contribution >= 4 is 11.8 Å². The van der Waals surface area contributed by atoms with Crippen molar-refractivity contribution in [3.63, 3.8) is 0 Å². The first-order chi connectivity index (χ1) is 11.0. The number of primary amides is 1. The van der Waals surface area contributed by atoms with Crippen LogP contribution in [0.3, 0.4) is 0 Å². The number of benzene rings is 2. The van der Waals surface area contributed by atoms with E-state index in [4.69, 9.17) is 10.5 Å². The van der Waals surface area contributed by atoms with Gasteiger partial charge in [-0.3, -0.25) is 9.59 Å². The van der Waals surface area contributed by atoms with Crippen molar-refractivity contribution in [2.45, 2.75) is 19.6 Å². The van der Waals surface area contributed by atoms with E-state index in [0.29, 0.717) is 17.9 Å². The highest BCUT2D eigenvalue weighted by Gasteiger charge is 2.14. The molecule has 2 rings (SSSR count). The maximum Gasteiger partial charge on any atom is 0.261 e. The second-order valence-corrected chi connectivity index (χ2v) is 4.99. The predicted molar refractivity (Wildman–Crippen MR) is 83.3 cm³/mol. The molecule has 0 spiro atoms. The van der Waals surface area contributed by atoms with Gasteiger partial charge in [0.15, 0.2) is 6.10 Å². The van der Waals surface area contributed by atoms with Crippen molar-refractivity contribution in [2.75, 3.05) is 0 Å². The van der Waals surface area contributed by atoms with Crippen LogP contribution < -0.4 is 15.8 Å². The van der Waals surface area contributed by atoms with Crippen LogP contribution in [0, 0.1) is 5.82 Å². The van der Waals surface area contributed by atoms with E-state index in [9.17, 15) is 14.0 Å². The molecule has 0 bridgehead atoms. The monoisotopic (exact) mass is 316 g/mol. The van der Waals surface area contributed by atoms with Gasteiger partial charge >= 0.3 is 0 Å². The Bertz CT molecular complexity index is 684. The zero-order valence-electron chi connectivity index (χ0n) is 12.6. The maximum atomic E-state index is 12.8. The van der Waals surface area contributed by atoms with E-state index < -0.39 is 12.0 Å². The van der Waals surface area contributed by atoms with E-state index in [1.165, 1.54) is 24.3 Å². The molecule has 23 heavy (non-hydrogen) atoms. The number of hydrogen-bond acceptors (Lipinski definition) is 3. The molecule has 0 aliphatic heterocycles. The average molecular weight is 316 g/mol. The van der Waals surface area contributed by atoms with Crippen molar-refractivity contribution in [1.29, 1.82) is 0 Å². The molecule has 0 saturated heterocycles. The summed E-state index contributed by atoms with van der Waals surface area (Å²) in [6.45, 7) is 1.91. The number of halogens is 1. The molecule has 2 aromatic carbocycles. The molecule has 3 N–H and O–H groups in total. The van der Waals surface area contributed by atoms with Gasteiger partial charge in [0.1, 0.15) is 11.6 Å². The van der Waals surface area contributed by atoms with Crippen molar-refractivity contribution in [3.05, 3.63) is 65.5 Å². The van der Waals surface area contributed by atoms with Crippen molar-refractivity contribution in [1.82, 2.24) is 5.32 Å². The molecule has 0 saturated carbocycles. The normalized spacial score (nSPS) is 11.6. The quantitative estimate of drug-likeness (QED) is 0.855. The first-order valence-electron chi connectivity index (χ1n) is 7.04. The summed E-state index contributed by atoms with van der Waals surface area (Å²) in [6, 6.07) is 12.1. The van der Waals surface area contributed by atoms with E-state index in [-0.39, 0.29) is 11.7 Å². The minimum absolute atomic E-state index is 0.298. The highest BCUT2D eigenvalue weighted by molar-refractivity contribution is 5.92. The summed E-state index contributed by atoms with van der Waals surface area (Å²) < 4.78 is 18.2. The van der Waals surface area contributed by atoms with Gasteiger partial charge in [-0.25, -0.2) is 4.39 Å². The lowest BCUT2D eigenvalue weighted by Gasteiger charge is -2.14. The Kier molecular flexibility index (Phi) is 5.30. The van der Waals surface area contributed by atoms with Crippen LogP contribution in [-0.4, -0.2) is 17.9 Å². The third-order valence-corrected chi connectivity index (χ3v) is 3.20. The van der Waals surface area contributed by atoms with Crippen molar-refractivity contribution < 1.29 is 18.7 Å². The number of ether oxygens (including phenoxy) is 1. The summed E-state index contributed by atoms with van der Waals surface area (Å²) in [6.07, 6.45) is -0.717. The zero-order valence-corrected chi connectivity index (χ0v) is 12.6. The molecule has 0 aromatic heterocycles. The Hall–Kier alpha value is -2.89. The van der Waals surface area contributed by atoms with E-state index in [0.717, 1.165) is 5.56 Å². The van der Waals surface area contributed by atoms with Crippen LogP contribution in [0.2, 0.25) is 0 Å². The molecule has 0 unspecified atom stereocenters. The molecule has 0 radical (unpaired) electrons. The smallest absolute Gasteiger partial charge is 0.261 e. The largest absolute Gasteiger partial charge is 0.481 e. The summed E-state index contributed by atoms with van der Waals surface area (Å²) in [4.78, 5) is 23.0. The van der Waals surface area contributed by atoms with Gasteiger partial charge in [-0.2, -0.15) is 0 Å². The van der Waals surface area contributed by atoms with E-state index in [1.54, 1.807) is 31.2 Å². The number of amides is 2. The molecule has 6 heteroatoms. The Balaban J connectivity index is 1.86. The highest BCUT2D eigenvalue weighted by Crippen LogP contribution is 2.13. The maximum absolute atomic E-state index is 12.8. The van der Waals surface area contributed by atoms with Crippen LogP contribution in [0.15, 0.2) is 48.5 Å². The second-order valence-electron chi connectivity index (χ2n) is 4.99. The van der Waals surface area contributed by atoms with Gasteiger partial charge in [-0.15, -0.1) is 0 Å². The third-order valence-electron chi connectivity index (χ3n) is 3.20. The summed E-state index contributed by atoms with van der Waals surface area (Å²) >= 11 is 0. The van der Waals surface area contributed by atoms with Crippen LogP contribution in [0.5, 0.6) is 5.75 Å². The van der Waals surface area contributed by atoms with Crippen LogP contribution >= 0.6 is 0 Å². The molecule has 120 valence electrons. The lowest BCUT2D eigenvalue weighted by Crippen LogP contribution is -2.35. The molecule has 0 heterocycles. The lowest BCUT2D eigenvalue weighted by atomic mass is 10.1. The number of hydrogen-bond donors (Lipinski definition) is 2. The van der Waals surface area contributed by atoms with Crippen LogP contribution in [0.25, 0.3) is 0 Å². The zero-order chi connectivity index (χ0) is 16.8. The molecule has 0 aliphatic carbocycles. The first kappa shape index (κ1) is 16.5. The van der Waals surface area contributed by atoms with Crippen LogP contribution in [0.4, 0.5) is 4.39 Å². The summed E-state index contributed by atoms with van der Waals surface area (Å²) in [7, 11) is 0. The van der Waals surface area contributed by atoms with E-state index in [2.05, 4.69) is 5.32 Å². The fourth-order valence-electron chi connectivity index (χ4n) is 1.89. The lowest BCUT2D eigenvalue weighted by molar-refractivity contribution is -0.127. The minimum atomic E-state index is -0.717. The number of nitrogens with two attached hydrogens (primary N) is 1. The molecule has 0 fully saturated rings. The number of carbonyl (C=O) groups excluding carboxylic acids is 2.